The van der Waals surface area contributed by atoms with Crippen LogP contribution < -0.4 is 5.32 Å². The first kappa shape index (κ1) is 15.7. The maximum Gasteiger partial charge on any atom is 0.269 e. The zero-order chi connectivity index (χ0) is 15.4. The standard InChI is InChI=1S/C15H24N4O2/c1-12(2)18-8-6-17(7-9-18)11-13-10-14(19(20)21)4-5-15(13)16-3/h4-5,10,12,16H,6-9,11H2,1-3H3. The van der Waals surface area contributed by atoms with Gasteiger partial charge in [0.15, 0.2) is 0 Å². The first-order valence-corrected chi connectivity index (χ1v) is 7.42. The topological polar surface area (TPSA) is 61.7 Å². The number of piperazine rings is 1. The van der Waals surface area contributed by atoms with Gasteiger partial charge in [-0.3, -0.25) is 19.9 Å². The fourth-order valence-corrected chi connectivity index (χ4v) is 2.75. The van der Waals surface area contributed by atoms with Crippen LogP contribution in [0.25, 0.3) is 0 Å². The van der Waals surface area contributed by atoms with Gasteiger partial charge in [-0.1, -0.05) is 0 Å². The highest BCUT2D eigenvalue weighted by atomic mass is 16.6. The molecule has 0 saturated carbocycles. The Bertz CT molecular complexity index is 496. The van der Waals surface area contributed by atoms with Gasteiger partial charge >= 0.3 is 0 Å². The maximum atomic E-state index is 10.9. The molecule has 1 aliphatic rings. The summed E-state index contributed by atoms with van der Waals surface area (Å²) in [5.74, 6) is 0. The lowest BCUT2D eigenvalue weighted by atomic mass is 10.1. The van der Waals surface area contributed by atoms with Crippen LogP contribution in [0.2, 0.25) is 0 Å². The van der Waals surface area contributed by atoms with Gasteiger partial charge in [-0.2, -0.15) is 0 Å². The molecule has 0 unspecified atom stereocenters. The van der Waals surface area contributed by atoms with Crippen LogP contribution in [-0.4, -0.2) is 54.0 Å². The van der Waals surface area contributed by atoms with E-state index in [0.29, 0.717) is 6.04 Å². The molecular formula is C15H24N4O2. The fraction of sp³-hybridized carbons (Fsp3) is 0.600. The van der Waals surface area contributed by atoms with Crippen LogP contribution in [0.5, 0.6) is 0 Å². The lowest BCUT2D eigenvalue weighted by Gasteiger charge is -2.37. The predicted molar refractivity (Wildman–Crippen MR) is 84.6 cm³/mol. The number of rotatable bonds is 5. The zero-order valence-electron chi connectivity index (χ0n) is 13.0. The van der Waals surface area contributed by atoms with Crippen molar-refractivity contribution in [3.8, 4) is 0 Å². The number of non-ortho nitro benzene ring substituents is 1. The van der Waals surface area contributed by atoms with Gasteiger partial charge in [0.2, 0.25) is 0 Å². The molecule has 1 aliphatic heterocycles. The highest BCUT2D eigenvalue weighted by molar-refractivity contribution is 5.55. The van der Waals surface area contributed by atoms with Crippen molar-refractivity contribution in [2.75, 3.05) is 38.5 Å². The second kappa shape index (κ2) is 6.87. The molecule has 1 N–H and O–H groups in total. The molecule has 21 heavy (non-hydrogen) atoms. The second-order valence-corrected chi connectivity index (χ2v) is 5.75. The van der Waals surface area contributed by atoms with Gasteiger partial charge in [0, 0.05) is 63.6 Å². The molecule has 1 aromatic rings. The SMILES string of the molecule is CNc1ccc([N+](=O)[O-])cc1CN1CCN(C(C)C)CC1. The van der Waals surface area contributed by atoms with Crippen molar-refractivity contribution in [3.05, 3.63) is 33.9 Å². The Hall–Kier alpha value is -1.66. The Kier molecular flexibility index (Phi) is 5.14. The molecule has 1 saturated heterocycles. The summed E-state index contributed by atoms with van der Waals surface area (Å²) < 4.78 is 0. The molecule has 1 heterocycles. The van der Waals surface area contributed by atoms with Crippen LogP contribution in [0.15, 0.2) is 18.2 Å². The minimum Gasteiger partial charge on any atom is -0.388 e. The van der Waals surface area contributed by atoms with Gasteiger partial charge in [-0.05, 0) is 25.5 Å². The van der Waals surface area contributed by atoms with E-state index in [2.05, 4.69) is 29.0 Å². The molecule has 116 valence electrons. The minimum absolute atomic E-state index is 0.157. The van der Waals surface area contributed by atoms with Gasteiger partial charge in [-0.15, -0.1) is 0 Å². The lowest BCUT2D eigenvalue weighted by molar-refractivity contribution is -0.384. The molecule has 0 bridgehead atoms. The molecule has 6 nitrogen and oxygen atoms in total. The van der Waals surface area contributed by atoms with E-state index in [4.69, 9.17) is 0 Å². The van der Waals surface area contributed by atoms with Crippen LogP contribution in [-0.2, 0) is 6.54 Å². The largest absolute Gasteiger partial charge is 0.388 e. The van der Waals surface area contributed by atoms with E-state index in [1.165, 1.54) is 0 Å². The summed E-state index contributed by atoms with van der Waals surface area (Å²) in [6.07, 6.45) is 0. The van der Waals surface area contributed by atoms with E-state index in [-0.39, 0.29) is 10.6 Å². The second-order valence-electron chi connectivity index (χ2n) is 5.75. The number of nitro benzene ring substituents is 1. The van der Waals surface area contributed by atoms with Crippen molar-refractivity contribution in [3.63, 3.8) is 0 Å². The summed E-state index contributed by atoms with van der Waals surface area (Å²) in [5.41, 5.74) is 2.11. The number of hydrogen-bond acceptors (Lipinski definition) is 5. The monoisotopic (exact) mass is 292 g/mol. The summed E-state index contributed by atoms with van der Waals surface area (Å²) >= 11 is 0. The van der Waals surface area contributed by atoms with E-state index < -0.39 is 0 Å². The molecule has 0 radical (unpaired) electrons. The fourth-order valence-electron chi connectivity index (χ4n) is 2.75. The molecule has 0 spiro atoms. The van der Waals surface area contributed by atoms with Crippen LogP contribution in [0.4, 0.5) is 11.4 Å². The van der Waals surface area contributed by atoms with Crippen molar-refractivity contribution in [1.82, 2.24) is 9.80 Å². The number of anilines is 1. The van der Waals surface area contributed by atoms with Gasteiger partial charge in [0.25, 0.3) is 5.69 Å². The van der Waals surface area contributed by atoms with E-state index in [1.54, 1.807) is 18.2 Å². The molecule has 1 fully saturated rings. The van der Waals surface area contributed by atoms with Gasteiger partial charge in [-0.25, -0.2) is 0 Å². The number of hydrogen-bond donors (Lipinski definition) is 1. The Morgan fingerprint density at radius 1 is 1.29 bits per heavy atom. The Morgan fingerprint density at radius 3 is 2.48 bits per heavy atom. The summed E-state index contributed by atoms with van der Waals surface area (Å²) in [6, 6.07) is 5.60. The minimum atomic E-state index is -0.334. The number of nitrogens with zero attached hydrogens (tertiary/aromatic N) is 3. The van der Waals surface area contributed by atoms with Gasteiger partial charge in [0.05, 0.1) is 4.92 Å². The van der Waals surface area contributed by atoms with Crippen molar-refractivity contribution >= 4 is 11.4 Å². The van der Waals surface area contributed by atoms with Gasteiger partial charge < -0.3 is 5.32 Å². The average Bonchev–Trinajstić information content (AvgIpc) is 2.47. The van der Waals surface area contributed by atoms with Gasteiger partial charge in [0.1, 0.15) is 0 Å². The Morgan fingerprint density at radius 2 is 1.95 bits per heavy atom. The van der Waals surface area contributed by atoms with E-state index >= 15 is 0 Å². The normalized spacial score (nSPS) is 17.1. The van der Waals surface area contributed by atoms with Crippen molar-refractivity contribution in [2.24, 2.45) is 0 Å². The summed E-state index contributed by atoms with van der Waals surface area (Å²) in [5, 5.41) is 14.0. The Labute approximate surface area is 125 Å². The third-order valence-corrected chi connectivity index (χ3v) is 4.10. The van der Waals surface area contributed by atoms with Crippen molar-refractivity contribution in [2.45, 2.75) is 26.4 Å². The van der Waals surface area contributed by atoms with Crippen LogP contribution >= 0.6 is 0 Å². The van der Waals surface area contributed by atoms with Crippen LogP contribution in [0.3, 0.4) is 0 Å². The zero-order valence-corrected chi connectivity index (χ0v) is 13.0. The molecule has 2 rings (SSSR count). The van der Waals surface area contributed by atoms with E-state index in [9.17, 15) is 10.1 Å². The Balaban J connectivity index is 2.05. The molecule has 0 atom stereocenters. The maximum absolute atomic E-state index is 10.9. The smallest absolute Gasteiger partial charge is 0.269 e. The molecule has 0 aliphatic carbocycles. The molecular weight excluding hydrogens is 268 g/mol. The first-order chi connectivity index (χ1) is 10.0. The predicted octanol–water partition coefficient (Wildman–Crippen LogP) is 2.16. The molecule has 0 aromatic heterocycles. The third kappa shape index (κ3) is 3.92. The number of nitro groups is 1. The molecule has 1 aromatic carbocycles. The molecule has 6 heteroatoms. The van der Waals surface area contributed by atoms with Crippen molar-refractivity contribution < 1.29 is 4.92 Å². The molecule has 0 amide bonds. The summed E-state index contributed by atoms with van der Waals surface area (Å²) in [4.78, 5) is 15.4. The lowest BCUT2D eigenvalue weighted by Crippen LogP contribution is -2.48. The number of benzene rings is 1. The average molecular weight is 292 g/mol. The highest BCUT2D eigenvalue weighted by Gasteiger charge is 2.20. The van der Waals surface area contributed by atoms with Crippen LogP contribution in [0.1, 0.15) is 19.4 Å². The van der Waals surface area contributed by atoms with Crippen molar-refractivity contribution in [1.29, 1.82) is 0 Å². The highest BCUT2D eigenvalue weighted by Crippen LogP contribution is 2.23. The summed E-state index contributed by atoms with van der Waals surface area (Å²) in [7, 11) is 1.85. The van der Waals surface area contributed by atoms with E-state index in [1.807, 2.05) is 7.05 Å². The number of nitrogens with one attached hydrogen (secondary N) is 1. The van der Waals surface area contributed by atoms with Crippen LogP contribution in [0, 0.1) is 10.1 Å². The van der Waals surface area contributed by atoms with E-state index in [0.717, 1.165) is 44.0 Å². The first-order valence-electron chi connectivity index (χ1n) is 7.42. The summed E-state index contributed by atoms with van der Waals surface area (Å²) in [6.45, 7) is 9.31. The quantitative estimate of drug-likeness (QED) is 0.665. The third-order valence-electron chi connectivity index (χ3n) is 4.10.